The van der Waals surface area contributed by atoms with E-state index >= 15 is 0 Å². The van der Waals surface area contributed by atoms with Gasteiger partial charge in [-0.3, -0.25) is 14.5 Å². The minimum Gasteiger partial charge on any atom is -0.296 e. The number of amides is 1. The highest BCUT2D eigenvalue weighted by Gasteiger charge is 2.18. The van der Waals surface area contributed by atoms with Gasteiger partial charge in [-0.25, -0.2) is 9.97 Å². The lowest BCUT2D eigenvalue weighted by Gasteiger charge is -2.05. The molecule has 0 aliphatic heterocycles. The molecule has 0 saturated heterocycles. The van der Waals surface area contributed by atoms with Crippen molar-refractivity contribution in [2.45, 2.75) is 13.8 Å². The van der Waals surface area contributed by atoms with Crippen molar-refractivity contribution in [1.29, 1.82) is 0 Å². The Morgan fingerprint density at radius 1 is 1.45 bits per heavy atom. The Labute approximate surface area is 127 Å². The predicted octanol–water partition coefficient (Wildman–Crippen LogP) is 3.42. The molecule has 0 saturated carbocycles. The zero-order chi connectivity index (χ0) is 14.3. The summed E-state index contributed by atoms with van der Waals surface area (Å²) < 4.78 is 2.71. The molecule has 3 rings (SSSR count). The molecule has 0 atom stereocenters. The maximum absolute atomic E-state index is 12.4. The molecule has 0 unspecified atom stereocenters. The Hall–Kier alpha value is -1.73. The van der Waals surface area contributed by atoms with Crippen LogP contribution in [0.1, 0.15) is 21.7 Å². The molecule has 0 bridgehead atoms. The number of imidazole rings is 1. The van der Waals surface area contributed by atoms with Gasteiger partial charge in [0.05, 0.1) is 5.69 Å². The van der Waals surface area contributed by atoms with Crippen LogP contribution in [0.25, 0.3) is 5.65 Å². The molecule has 0 spiro atoms. The number of fused-ring (bicyclic) bond motifs is 1. The van der Waals surface area contributed by atoms with Gasteiger partial charge in [-0.1, -0.05) is 0 Å². The van der Waals surface area contributed by atoms with E-state index in [1.165, 1.54) is 11.3 Å². The average molecular weight is 351 g/mol. The van der Waals surface area contributed by atoms with Crippen LogP contribution in [0, 0.1) is 13.8 Å². The van der Waals surface area contributed by atoms with Gasteiger partial charge in [0.15, 0.2) is 5.13 Å². The topological polar surface area (TPSA) is 59.3 Å². The molecule has 0 radical (unpaired) electrons. The van der Waals surface area contributed by atoms with Crippen LogP contribution in [-0.4, -0.2) is 20.3 Å². The van der Waals surface area contributed by atoms with Crippen molar-refractivity contribution in [3.8, 4) is 0 Å². The second kappa shape index (κ2) is 4.99. The Bertz CT molecular complexity index is 794. The minimum absolute atomic E-state index is 0.206. The molecular weight excluding hydrogens is 340 g/mol. The van der Waals surface area contributed by atoms with Crippen molar-refractivity contribution >= 4 is 44.0 Å². The lowest BCUT2D eigenvalue weighted by atomic mass is 10.3. The van der Waals surface area contributed by atoms with Gasteiger partial charge in [0.1, 0.15) is 11.3 Å². The fourth-order valence-corrected chi connectivity index (χ4v) is 3.17. The fourth-order valence-electron chi connectivity index (χ4n) is 2.10. The smallest absolute Gasteiger partial charge is 0.276 e. The normalized spacial score (nSPS) is 10.9. The average Bonchev–Trinajstić information content (AvgIpc) is 2.96. The zero-order valence-electron chi connectivity index (χ0n) is 10.8. The number of rotatable bonds is 2. The van der Waals surface area contributed by atoms with E-state index in [1.807, 2.05) is 31.5 Å². The summed E-state index contributed by atoms with van der Waals surface area (Å²) in [7, 11) is 0. The maximum atomic E-state index is 12.4. The number of aryl methyl sites for hydroxylation is 2. The highest BCUT2D eigenvalue weighted by atomic mass is 79.9. The van der Waals surface area contributed by atoms with E-state index in [9.17, 15) is 4.79 Å². The number of hydrogen-bond acceptors (Lipinski definition) is 4. The first-order valence-electron chi connectivity index (χ1n) is 5.92. The van der Waals surface area contributed by atoms with Crippen LogP contribution in [-0.2, 0) is 0 Å². The van der Waals surface area contributed by atoms with Crippen LogP contribution >= 0.6 is 27.3 Å². The highest BCUT2D eigenvalue weighted by Crippen LogP contribution is 2.21. The van der Waals surface area contributed by atoms with Crippen LogP contribution in [0.15, 0.2) is 28.3 Å². The molecule has 3 heterocycles. The fraction of sp³-hybridized carbons (Fsp3) is 0.154. The molecule has 1 N–H and O–H groups in total. The number of anilines is 1. The molecule has 0 aliphatic rings. The molecular formula is C13H11BrN4OS. The summed E-state index contributed by atoms with van der Waals surface area (Å²) in [5.74, 6) is -0.206. The molecule has 0 fully saturated rings. The number of nitrogens with zero attached hydrogens (tertiary/aromatic N) is 3. The lowest BCUT2D eigenvalue weighted by Crippen LogP contribution is -2.15. The number of halogens is 1. The number of thiazole rings is 1. The predicted molar refractivity (Wildman–Crippen MR) is 82.4 cm³/mol. The van der Waals surface area contributed by atoms with Gasteiger partial charge in [0.2, 0.25) is 0 Å². The molecule has 1 amide bonds. The van der Waals surface area contributed by atoms with Gasteiger partial charge in [-0.2, -0.15) is 0 Å². The SMILES string of the molecule is Cc1nc2c(C)cc(Br)cn2c1C(=O)Nc1nccs1. The standard InChI is InChI=1S/C13H11BrN4OS/c1-7-5-9(14)6-18-10(8(2)16-11(7)18)12(19)17-13-15-3-4-20-13/h3-6H,1-2H3,(H,15,17,19). The molecule has 0 aromatic carbocycles. The van der Waals surface area contributed by atoms with E-state index in [2.05, 4.69) is 31.2 Å². The van der Waals surface area contributed by atoms with Crippen molar-refractivity contribution in [2.75, 3.05) is 5.32 Å². The Kier molecular flexibility index (Phi) is 3.31. The van der Waals surface area contributed by atoms with Gasteiger partial charge in [-0.05, 0) is 41.4 Å². The van der Waals surface area contributed by atoms with Gasteiger partial charge in [0.25, 0.3) is 5.91 Å². The van der Waals surface area contributed by atoms with Crippen molar-refractivity contribution < 1.29 is 4.79 Å². The van der Waals surface area contributed by atoms with Crippen LogP contribution < -0.4 is 5.32 Å². The summed E-state index contributed by atoms with van der Waals surface area (Å²) in [4.78, 5) is 20.9. The molecule has 0 aliphatic carbocycles. The largest absolute Gasteiger partial charge is 0.296 e. The van der Waals surface area contributed by atoms with Gasteiger partial charge in [-0.15, -0.1) is 11.3 Å². The number of nitrogens with one attached hydrogen (secondary N) is 1. The Morgan fingerprint density at radius 3 is 2.95 bits per heavy atom. The lowest BCUT2D eigenvalue weighted by molar-refractivity contribution is 0.102. The third-order valence-electron chi connectivity index (χ3n) is 2.91. The van der Waals surface area contributed by atoms with E-state index in [-0.39, 0.29) is 5.91 Å². The first kappa shape index (κ1) is 13.3. The maximum Gasteiger partial charge on any atom is 0.276 e. The van der Waals surface area contributed by atoms with E-state index in [1.54, 1.807) is 10.6 Å². The van der Waals surface area contributed by atoms with Crippen molar-refractivity contribution in [3.05, 3.63) is 45.3 Å². The number of hydrogen-bond donors (Lipinski definition) is 1. The van der Waals surface area contributed by atoms with Crippen molar-refractivity contribution in [1.82, 2.24) is 14.4 Å². The molecule has 102 valence electrons. The number of carbonyl (C=O) groups is 1. The third-order valence-corrected chi connectivity index (χ3v) is 4.03. The molecule has 3 aromatic heterocycles. The minimum atomic E-state index is -0.206. The van der Waals surface area contributed by atoms with Crippen molar-refractivity contribution in [3.63, 3.8) is 0 Å². The van der Waals surface area contributed by atoms with Crippen LogP contribution in [0.2, 0.25) is 0 Å². The van der Waals surface area contributed by atoms with E-state index < -0.39 is 0 Å². The van der Waals surface area contributed by atoms with Crippen LogP contribution in [0.5, 0.6) is 0 Å². The van der Waals surface area contributed by atoms with Crippen LogP contribution in [0.4, 0.5) is 5.13 Å². The summed E-state index contributed by atoms with van der Waals surface area (Å²) in [6, 6.07) is 1.98. The van der Waals surface area contributed by atoms with Gasteiger partial charge < -0.3 is 0 Å². The van der Waals surface area contributed by atoms with Crippen LogP contribution in [0.3, 0.4) is 0 Å². The summed E-state index contributed by atoms with van der Waals surface area (Å²) in [5, 5.41) is 5.19. The summed E-state index contributed by atoms with van der Waals surface area (Å²) in [5.41, 5.74) is 3.02. The molecule has 20 heavy (non-hydrogen) atoms. The Morgan fingerprint density at radius 2 is 2.25 bits per heavy atom. The first-order chi connectivity index (χ1) is 9.56. The van der Waals surface area contributed by atoms with E-state index in [0.29, 0.717) is 16.5 Å². The van der Waals surface area contributed by atoms with Gasteiger partial charge >= 0.3 is 0 Å². The molecule has 5 nitrogen and oxygen atoms in total. The number of carbonyl (C=O) groups excluding carboxylic acids is 1. The number of pyridine rings is 1. The molecule has 7 heteroatoms. The Balaban J connectivity index is 2.11. The molecule has 3 aromatic rings. The van der Waals surface area contributed by atoms with E-state index in [0.717, 1.165) is 15.7 Å². The van der Waals surface area contributed by atoms with Gasteiger partial charge in [0, 0.05) is 22.2 Å². The quantitative estimate of drug-likeness (QED) is 0.770. The number of aromatic nitrogens is 3. The third kappa shape index (κ3) is 2.23. The summed E-state index contributed by atoms with van der Waals surface area (Å²) in [6.45, 7) is 3.80. The second-order valence-electron chi connectivity index (χ2n) is 4.37. The van der Waals surface area contributed by atoms with Crippen molar-refractivity contribution in [2.24, 2.45) is 0 Å². The monoisotopic (exact) mass is 350 g/mol. The highest BCUT2D eigenvalue weighted by molar-refractivity contribution is 9.10. The summed E-state index contributed by atoms with van der Waals surface area (Å²) in [6.07, 6.45) is 3.50. The zero-order valence-corrected chi connectivity index (χ0v) is 13.2. The van der Waals surface area contributed by atoms with E-state index in [4.69, 9.17) is 0 Å². The first-order valence-corrected chi connectivity index (χ1v) is 7.59. The second-order valence-corrected chi connectivity index (χ2v) is 6.18. The summed E-state index contributed by atoms with van der Waals surface area (Å²) >= 11 is 4.83.